The third-order valence-electron chi connectivity index (χ3n) is 1.51. The molecule has 0 aliphatic rings. The first-order valence-electron chi connectivity index (χ1n) is 3.57. The number of aromatic amines is 1. The molecule has 1 aromatic heterocycles. The number of aryl methyl sites for hydroxylation is 1. The molecule has 3 heteroatoms. The van der Waals surface area contributed by atoms with Crippen LogP contribution in [0.1, 0.15) is 11.3 Å². The Kier molecular flexibility index (Phi) is 2.44. The lowest BCUT2D eigenvalue weighted by atomic mass is 10.2. The quantitative estimate of drug-likeness (QED) is 0.644. The summed E-state index contributed by atoms with van der Waals surface area (Å²) < 4.78 is 0. The van der Waals surface area contributed by atoms with Crippen LogP contribution in [0.4, 0.5) is 0 Å². The summed E-state index contributed by atoms with van der Waals surface area (Å²) in [5, 5.41) is 2.92. The third kappa shape index (κ3) is 1.91. The standard InChI is InChI=1S/C8H12N2O/c1-6-3-8(11)7(4-9-2)5-10-6/h3,5,9H,4H2,1-2H3,(H,10,11). The lowest BCUT2D eigenvalue weighted by Gasteiger charge is -1.98. The van der Waals surface area contributed by atoms with Gasteiger partial charge in [0.25, 0.3) is 0 Å². The van der Waals surface area contributed by atoms with Gasteiger partial charge in [-0.2, -0.15) is 0 Å². The van der Waals surface area contributed by atoms with E-state index in [1.807, 2.05) is 14.0 Å². The van der Waals surface area contributed by atoms with E-state index in [0.29, 0.717) is 6.54 Å². The number of hydrogen-bond acceptors (Lipinski definition) is 2. The van der Waals surface area contributed by atoms with Crippen molar-refractivity contribution in [1.29, 1.82) is 0 Å². The van der Waals surface area contributed by atoms with Crippen LogP contribution in [0.25, 0.3) is 0 Å². The molecule has 60 valence electrons. The summed E-state index contributed by atoms with van der Waals surface area (Å²) in [5.41, 5.74) is 1.77. The van der Waals surface area contributed by atoms with Gasteiger partial charge in [-0.1, -0.05) is 0 Å². The number of rotatable bonds is 2. The average molecular weight is 152 g/mol. The fourth-order valence-electron chi connectivity index (χ4n) is 0.932. The van der Waals surface area contributed by atoms with Crippen LogP contribution >= 0.6 is 0 Å². The topological polar surface area (TPSA) is 44.9 Å². The van der Waals surface area contributed by atoms with Crippen molar-refractivity contribution in [2.24, 2.45) is 0 Å². The van der Waals surface area contributed by atoms with Crippen molar-refractivity contribution in [2.45, 2.75) is 13.5 Å². The normalized spacial score (nSPS) is 10.0. The summed E-state index contributed by atoms with van der Waals surface area (Å²) in [4.78, 5) is 14.2. The molecule has 3 nitrogen and oxygen atoms in total. The van der Waals surface area contributed by atoms with Gasteiger partial charge in [-0.25, -0.2) is 0 Å². The van der Waals surface area contributed by atoms with Gasteiger partial charge in [-0.05, 0) is 14.0 Å². The van der Waals surface area contributed by atoms with Crippen LogP contribution in [-0.2, 0) is 6.54 Å². The van der Waals surface area contributed by atoms with Crippen molar-refractivity contribution in [3.05, 3.63) is 33.7 Å². The minimum absolute atomic E-state index is 0.0931. The van der Waals surface area contributed by atoms with E-state index < -0.39 is 0 Å². The third-order valence-corrected chi connectivity index (χ3v) is 1.51. The molecule has 0 fully saturated rings. The summed E-state index contributed by atoms with van der Waals surface area (Å²) >= 11 is 0. The second-order valence-electron chi connectivity index (χ2n) is 2.54. The molecule has 0 radical (unpaired) electrons. The summed E-state index contributed by atoms with van der Waals surface area (Å²) in [6, 6.07) is 1.60. The van der Waals surface area contributed by atoms with Crippen LogP contribution in [-0.4, -0.2) is 12.0 Å². The van der Waals surface area contributed by atoms with Crippen molar-refractivity contribution in [3.8, 4) is 0 Å². The molecule has 0 spiro atoms. The zero-order valence-electron chi connectivity index (χ0n) is 6.77. The van der Waals surface area contributed by atoms with E-state index in [-0.39, 0.29) is 5.43 Å². The van der Waals surface area contributed by atoms with E-state index in [1.54, 1.807) is 12.3 Å². The molecule has 0 saturated carbocycles. The van der Waals surface area contributed by atoms with Gasteiger partial charge in [0.2, 0.25) is 0 Å². The van der Waals surface area contributed by atoms with Crippen LogP contribution < -0.4 is 10.7 Å². The molecular weight excluding hydrogens is 140 g/mol. The smallest absolute Gasteiger partial charge is 0.186 e. The lowest BCUT2D eigenvalue weighted by molar-refractivity contribution is 0.805. The SMILES string of the molecule is CNCc1c[nH]c(C)cc1=O. The van der Waals surface area contributed by atoms with Crippen molar-refractivity contribution in [3.63, 3.8) is 0 Å². The van der Waals surface area contributed by atoms with Crippen LogP contribution in [0.15, 0.2) is 17.1 Å². The summed E-state index contributed by atoms with van der Waals surface area (Å²) in [7, 11) is 1.82. The minimum atomic E-state index is 0.0931. The zero-order chi connectivity index (χ0) is 8.27. The van der Waals surface area contributed by atoms with Gasteiger partial charge in [-0.15, -0.1) is 0 Å². The summed E-state index contributed by atoms with van der Waals surface area (Å²) in [6.45, 7) is 2.49. The van der Waals surface area contributed by atoms with Crippen LogP contribution in [0, 0.1) is 6.92 Å². The Balaban J connectivity index is 3.00. The maximum atomic E-state index is 11.2. The van der Waals surface area contributed by atoms with Crippen LogP contribution in [0.5, 0.6) is 0 Å². The minimum Gasteiger partial charge on any atom is -0.365 e. The molecule has 0 aromatic carbocycles. The van der Waals surface area contributed by atoms with Crippen molar-refractivity contribution >= 4 is 0 Å². The monoisotopic (exact) mass is 152 g/mol. The first kappa shape index (κ1) is 8.01. The Labute approximate surface area is 65.5 Å². The fourth-order valence-corrected chi connectivity index (χ4v) is 0.932. The Bertz CT molecular complexity index is 290. The number of nitrogens with one attached hydrogen (secondary N) is 2. The second-order valence-corrected chi connectivity index (χ2v) is 2.54. The largest absolute Gasteiger partial charge is 0.365 e. The molecule has 0 aliphatic carbocycles. The molecule has 0 aliphatic heterocycles. The highest BCUT2D eigenvalue weighted by molar-refractivity contribution is 5.13. The van der Waals surface area contributed by atoms with Crippen molar-refractivity contribution in [2.75, 3.05) is 7.05 Å². The van der Waals surface area contributed by atoms with E-state index >= 15 is 0 Å². The van der Waals surface area contributed by atoms with E-state index in [1.165, 1.54) is 0 Å². The van der Waals surface area contributed by atoms with Gasteiger partial charge in [0.15, 0.2) is 5.43 Å². The van der Waals surface area contributed by atoms with Gasteiger partial charge in [0.1, 0.15) is 0 Å². The van der Waals surface area contributed by atoms with Crippen molar-refractivity contribution < 1.29 is 0 Å². The molecule has 0 bridgehead atoms. The van der Waals surface area contributed by atoms with Gasteiger partial charge in [-0.3, -0.25) is 4.79 Å². The zero-order valence-corrected chi connectivity index (χ0v) is 6.77. The Hall–Kier alpha value is -1.09. The molecule has 1 heterocycles. The molecule has 2 N–H and O–H groups in total. The highest BCUT2D eigenvalue weighted by Crippen LogP contribution is 1.90. The highest BCUT2D eigenvalue weighted by Gasteiger charge is 1.95. The first-order valence-corrected chi connectivity index (χ1v) is 3.57. The van der Waals surface area contributed by atoms with E-state index in [2.05, 4.69) is 10.3 Å². The summed E-state index contributed by atoms with van der Waals surface area (Å²) in [6.07, 6.45) is 1.74. The van der Waals surface area contributed by atoms with Crippen LogP contribution in [0.3, 0.4) is 0 Å². The molecule has 11 heavy (non-hydrogen) atoms. The number of hydrogen-bond donors (Lipinski definition) is 2. The molecule has 0 atom stereocenters. The Morgan fingerprint density at radius 3 is 2.91 bits per heavy atom. The second kappa shape index (κ2) is 3.34. The Morgan fingerprint density at radius 2 is 2.36 bits per heavy atom. The van der Waals surface area contributed by atoms with Gasteiger partial charge in [0.05, 0.1) is 0 Å². The number of aromatic nitrogens is 1. The Morgan fingerprint density at radius 1 is 1.64 bits per heavy atom. The average Bonchev–Trinajstić information content (AvgIpc) is 1.95. The molecule has 1 aromatic rings. The number of H-pyrrole nitrogens is 1. The maximum absolute atomic E-state index is 11.2. The van der Waals surface area contributed by atoms with Crippen LogP contribution in [0.2, 0.25) is 0 Å². The summed E-state index contributed by atoms with van der Waals surface area (Å²) in [5.74, 6) is 0. The molecule has 0 amide bonds. The van der Waals surface area contributed by atoms with E-state index in [9.17, 15) is 4.79 Å². The van der Waals surface area contributed by atoms with E-state index in [4.69, 9.17) is 0 Å². The predicted molar refractivity (Wildman–Crippen MR) is 44.6 cm³/mol. The molecule has 0 unspecified atom stereocenters. The molecule has 1 rings (SSSR count). The van der Waals surface area contributed by atoms with Gasteiger partial charge < -0.3 is 10.3 Å². The number of pyridine rings is 1. The van der Waals surface area contributed by atoms with Crippen molar-refractivity contribution in [1.82, 2.24) is 10.3 Å². The first-order chi connectivity index (χ1) is 5.24. The van der Waals surface area contributed by atoms with Gasteiger partial charge >= 0.3 is 0 Å². The molecule has 0 saturated heterocycles. The fraction of sp³-hybridized carbons (Fsp3) is 0.375. The lowest BCUT2D eigenvalue weighted by Crippen LogP contribution is -2.15. The molecular formula is C8H12N2O. The maximum Gasteiger partial charge on any atom is 0.186 e. The van der Waals surface area contributed by atoms with Gasteiger partial charge in [0, 0.05) is 30.1 Å². The van der Waals surface area contributed by atoms with E-state index in [0.717, 1.165) is 11.3 Å². The predicted octanol–water partition coefficient (Wildman–Crippen LogP) is 0.403. The highest BCUT2D eigenvalue weighted by atomic mass is 16.1.